The van der Waals surface area contributed by atoms with E-state index < -0.39 is 47.8 Å². The molecule has 0 aromatic rings. The number of hydrogen-bond acceptors (Lipinski definition) is 10. The van der Waals surface area contributed by atoms with Gasteiger partial charge in [-0.05, 0) is 80.6 Å². The highest BCUT2D eigenvalue weighted by Gasteiger charge is 2.70. The minimum atomic E-state index is -1.11. The summed E-state index contributed by atoms with van der Waals surface area (Å²) in [5, 5.41) is 55.7. The largest absolute Gasteiger partial charge is 0.458 e. The Bertz CT molecular complexity index is 1020. The third kappa shape index (κ3) is 4.08. The molecule has 10 heteroatoms. The second-order valence-corrected chi connectivity index (χ2v) is 13.8. The van der Waals surface area contributed by atoms with Crippen molar-refractivity contribution < 1.29 is 49.3 Å². The lowest BCUT2D eigenvalue weighted by molar-refractivity contribution is -0.314. The Labute approximate surface area is 235 Å². The SMILES string of the molecule is CO[C@H]1[C@@H](O)[C@@H](C)O[C@@H](O[C@H]2CC[C@@]3(CO)[C@@H](CC[C@@H]4[C@H]3CC[C@]3(C)[C@@H](C5=CC(=O)OC5)[C@@H](O)C[C@]43O)C2)[C@@H]1O. The van der Waals surface area contributed by atoms with Crippen molar-refractivity contribution >= 4 is 5.97 Å². The van der Waals surface area contributed by atoms with Crippen molar-refractivity contribution in [3.63, 3.8) is 0 Å². The zero-order chi connectivity index (χ0) is 28.6. The van der Waals surface area contributed by atoms with E-state index in [1.165, 1.54) is 13.2 Å². The number of aliphatic hydroxyl groups excluding tert-OH is 4. The molecule has 5 fully saturated rings. The van der Waals surface area contributed by atoms with Crippen molar-refractivity contribution in [2.24, 2.45) is 34.5 Å². The number of ether oxygens (including phenoxy) is 4. The summed E-state index contributed by atoms with van der Waals surface area (Å²) in [5.41, 5.74) is -1.24. The van der Waals surface area contributed by atoms with Gasteiger partial charge < -0.3 is 44.5 Å². The fraction of sp³-hybridized carbons (Fsp3) is 0.900. The van der Waals surface area contributed by atoms with E-state index >= 15 is 0 Å². The molecule has 4 aliphatic carbocycles. The lowest BCUT2D eigenvalue weighted by Crippen LogP contribution is -2.64. The minimum absolute atomic E-state index is 0.0371. The molecule has 1 saturated heterocycles. The number of esters is 1. The predicted octanol–water partition coefficient (Wildman–Crippen LogP) is 1.05. The smallest absolute Gasteiger partial charge is 0.331 e. The molecule has 0 aromatic heterocycles. The molecule has 0 bridgehead atoms. The first kappa shape index (κ1) is 29.0. The number of rotatable bonds is 5. The molecule has 226 valence electrons. The highest BCUT2D eigenvalue weighted by molar-refractivity contribution is 5.85. The van der Waals surface area contributed by atoms with Crippen molar-refractivity contribution in [3.8, 4) is 0 Å². The first-order valence-corrected chi connectivity index (χ1v) is 15.1. The van der Waals surface area contributed by atoms with Crippen molar-refractivity contribution in [1.29, 1.82) is 0 Å². The van der Waals surface area contributed by atoms with Crippen molar-refractivity contribution in [3.05, 3.63) is 11.6 Å². The molecule has 0 spiro atoms. The van der Waals surface area contributed by atoms with Crippen LogP contribution in [0.5, 0.6) is 0 Å². The lowest BCUT2D eigenvalue weighted by Gasteiger charge is -2.64. The van der Waals surface area contributed by atoms with Crippen LogP contribution in [-0.2, 0) is 23.7 Å². The van der Waals surface area contributed by atoms with Crippen LogP contribution in [0, 0.1) is 34.5 Å². The number of carbonyl (C=O) groups is 1. The van der Waals surface area contributed by atoms with Gasteiger partial charge in [-0.3, -0.25) is 0 Å². The molecule has 5 N–H and O–H groups in total. The van der Waals surface area contributed by atoms with Crippen LogP contribution >= 0.6 is 0 Å². The van der Waals surface area contributed by atoms with Crippen LogP contribution in [0.3, 0.4) is 0 Å². The van der Waals surface area contributed by atoms with Crippen LogP contribution in [0.25, 0.3) is 0 Å². The van der Waals surface area contributed by atoms with Gasteiger partial charge in [0.2, 0.25) is 0 Å². The van der Waals surface area contributed by atoms with Gasteiger partial charge in [-0.1, -0.05) is 6.92 Å². The first-order valence-electron chi connectivity index (χ1n) is 15.1. The first-order chi connectivity index (χ1) is 19.0. The van der Waals surface area contributed by atoms with Gasteiger partial charge >= 0.3 is 5.97 Å². The molecule has 6 rings (SSSR count). The standard InChI is InChI=1S/C30H46O10/c1-15-24(34)26(37-3)25(35)27(39-15)40-18-6-9-29(14-31)17(11-18)4-5-20-19(29)7-8-28(2)23(16-10-22(33)38-13-16)21(32)12-30(20,28)36/h10,15,17-21,23-27,31-32,34-36H,4-9,11-14H2,1-3H3/t15-,17+,18+,19-,20-,21+,23+,24+,25-,26+,27+,28-,29-,30+/m1/s1. The summed E-state index contributed by atoms with van der Waals surface area (Å²) in [6, 6.07) is 0. The van der Waals surface area contributed by atoms with Gasteiger partial charge in [0.25, 0.3) is 0 Å². The van der Waals surface area contributed by atoms with E-state index in [1.54, 1.807) is 6.92 Å². The summed E-state index contributed by atoms with van der Waals surface area (Å²) >= 11 is 0. The number of aliphatic hydroxyl groups is 5. The summed E-state index contributed by atoms with van der Waals surface area (Å²) in [4.78, 5) is 11.8. The fourth-order valence-electron chi connectivity index (χ4n) is 10.3. The zero-order valence-electron chi connectivity index (χ0n) is 23.8. The average Bonchev–Trinajstić information content (AvgIpc) is 3.43. The highest BCUT2D eigenvalue weighted by atomic mass is 16.7. The number of carbonyl (C=O) groups excluding carboxylic acids is 1. The highest BCUT2D eigenvalue weighted by Crippen LogP contribution is 2.70. The molecular formula is C30H46O10. The molecule has 0 unspecified atom stereocenters. The van der Waals surface area contributed by atoms with E-state index in [0.717, 1.165) is 37.7 Å². The molecule has 10 nitrogen and oxygen atoms in total. The van der Waals surface area contributed by atoms with Crippen LogP contribution < -0.4 is 0 Å². The monoisotopic (exact) mass is 566 g/mol. The Balaban J connectivity index is 1.20. The molecule has 0 amide bonds. The maximum absolute atomic E-state index is 12.4. The van der Waals surface area contributed by atoms with E-state index in [-0.39, 0.29) is 60.8 Å². The zero-order valence-corrected chi connectivity index (χ0v) is 23.8. The number of methoxy groups -OCH3 is 1. The quantitative estimate of drug-likeness (QED) is 0.241. The van der Waals surface area contributed by atoms with Crippen LogP contribution in [0.4, 0.5) is 0 Å². The van der Waals surface area contributed by atoms with Crippen molar-refractivity contribution in [2.75, 3.05) is 20.3 Å². The van der Waals surface area contributed by atoms with E-state index in [4.69, 9.17) is 18.9 Å². The van der Waals surface area contributed by atoms with Gasteiger partial charge in [0.05, 0.1) is 23.9 Å². The maximum atomic E-state index is 12.4. The van der Waals surface area contributed by atoms with E-state index in [2.05, 4.69) is 6.92 Å². The van der Waals surface area contributed by atoms with Gasteiger partial charge in [0.15, 0.2) is 6.29 Å². The van der Waals surface area contributed by atoms with Gasteiger partial charge in [0.1, 0.15) is 24.9 Å². The molecule has 4 saturated carbocycles. The normalized spacial score (nSPS) is 54.2. The average molecular weight is 567 g/mol. The Morgan fingerprint density at radius 2 is 1.85 bits per heavy atom. The number of hydrogen-bond donors (Lipinski definition) is 5. The topological polar surface area (TPSA) is 155 Å². The molecule has 2 heterocycles. The predicted molar refractivity (Wildman–Crippen MR) is 141 cm³/mol. The molecule has 0 radical (unpaired) electrons. The van der Waals surface area contributed by atoms with Crippen LogP contribution in [0.2, 0.25) is 0 Å². The molecule has 14 atom stereocenters. The van der Waals surface area contributed by atoms with Crippen LogP contribution in [0.1, 0.15) is 65.2 Å². The van der Waals surface area contributed by atoms with Crippen molar-refractivity contribution in [2.45, 2.75) is 114 Å². The Morgan fingerprint density at radius 3 is 2.52 bits per heavy atom. The Hall–Kier alpha value is -1.11. The van der Waals surface area contributed by atoms with Crippen LogP contribution in [-0.4, -0.2) is 100 Å². The van der Waals surface area contributed by atoms with E-state index in [9.17, 15) is 30.3 Å². The van der Waals surface area contributed by atoms with E-state index in [0.29, 0.717) is 12.8 Å². The molecule has 6 aliphatic rings. The lowest BCUT2D eigenvalue weighted by atomic mass is 9.43. The van der Waals surface area contributed by atoms with E-state index in [1.807, 2.05) is 0 Å². The Morgan fingerprint density at radius 1 is 1.07 bits per heavy atom. The minimum Gasteiger partial charge on any atom is -0.458 e. The van der Waals surface area contributed by atoms with Gasteiger partial charge in [0, 0.05) is 37.5 Å². The third-order valence-corrected chi connectivity index (χ3v) is 12.3. The third-order valence-electron chi connectivity index (χ3n) is 12.3. The summed E-state index contributed by atoms with van der Waals surface area (Å²) < 4.78 is 22.6. The van der Waals surface area contributed by atoms with Gasteiger partial charge in [-0.15, -0.1) is 0 Å². The molecule has 0 aromatic carbocycles. The second-order valence-electron chi connectivity index (χ2n) is 13.8. The van der Waals surface area contributed by atoms with Gasteiger partial charge in [-0.25, -0.2) is 4.79 Å². The summed E-state index contributed by atoms with van der Waals surface area (Å²) in [6.07, 6.45) is 1.86. The summed E-state index contributed by atoms with van der Waals surface area (Å²) in [7, 11) is 1.45. The number of cyclic esters (lactones) is 1. The molecule has 2 aliphatic heterocycles. The molecule has 40 heavy (non-hydrogen) atoms. The van der Waals surface area contributed by atoms with Gasteiger partial charge in [-0.2, -0.15) is 0 Å². The summed E-state index contributed by atoms with van der Waals surface area (Å²) in [5.74, 6) is -0.461. The second kappa shape index (κ2) is 10.3. The maximum Gasteiger partial charge on any atom is 0.331 e. The molecular weight excluding hydrogens is 520 g/mol. The van der Waals surface area contributed by atoms with Crippen molar-refractivity contribution in [1.82, 2.24) is 0 Å². The fourth-order valence-corrected chi connectivity index (χ4v) is 10.3. The van der Waals surface area contributed by atoms with Crippen LogP contribution in [0.15, 0.2) is 11.6 Å². The number of fused-ring (bicyclic) bond motifs is 5. The summed E-state index contributed by atoms with van der Waals surface area (Å²) in [6.45, 7) is 4.01. The Kier molecular flexibility index (Phi) is 7.43.